The van der Waals surface area contributed by atoms with E-state index in [9.17, 15) is 0 Å². The van der Waals surface area contributed by atoms with E-state index >= 15 is 0 Å². The largest absolute Gasteiger partial charge is 0.382 e. The SMILES string of the molecule is Cc1cnc(N)c2ncn(CCCCCSc3ccc(Cl)cc3Cl)c12. The molecule has 4 nitrogen and oxygen atoms in total. The summed E-state index contributed by atoms with van der Waals surface area (Å²) in [4.78, 5) is 9.65. The van der Waals surface area contributed by atoms with Crippen LogP contribution in [0.3, 0.4) is 0 Å². The maximum atomic E-state index is 6.19. The normalized spacial score (nSPS) is 11.3. The van der Waals surface area contributed by atoms with Crippen LogP contribution in [0.25, 0.3) is 11.0 Å². The minimum atomic E-state index is 0.496. The molecule has 0 aliphatic carbocycles. The predicted octanol–water partition coefficient (Wildman–Crippen LogP) is 5.59. The van der Waals surface area contributed by atoms with E-state index in [1.807, 2.05) is 31.6 Å². The Bertz CT molecular complexity index is 879. The van der Waals surface area contributed by atoms with Gasteiger partial charge in [-0.25, -0.2) is 9.97 Å². The predicted molar refractivity (Wildman–Crippen MR) is 108 cm³/mol. The van der Waals surface area contributed by atoms with Gasteiger partial charge < -0.3 is 10.3 Å². The second kappa shape index (κ2) is 8.30. The van der Waals surface area contributed by atoms with Crippen LogP contribution >= 0.6 is 35.0 Å². The quantitative estimate of drug-likeness (QED) is 0.418. The van der Waals surface area contributed by atoms with E-state index in [2.05, 4.69) is 14.5 Å². The zero-order chi connectivity index (χ0) is 17.8. The van der Waals surface area contributed by atoms with Gasteiger partial charge in [0.15, 0.2) is 5.82 Å². The molecule has 0 fully saturated rings. The van der Waals surface area contributed by atoms with Gasteiger partial charge in [0.1, 0.15) is 5.52 Å². The molecular weight excluding hydrogens is 375 g/mol. The number of pyridine rings is 1. The van der Waals surface area contributed by atoms with Gasteiger partial charge >= 0.3 is 0 Å². The third kappa shape index (κ3) is 4.40. The van der Waals surface area contributed by atoms with Crippen molar-refractivity contribution in [3.63, 3.8) is 0 Å². The first-order valence-electron chi connectivity index (χ1n) is 8.20. The lowest BCUT2D eigenvalue weighted by atomic mass is 10.2. The molecule has 2 heterocycles. The molecule has 0 radical (unpaired) electrons. The summed E-state index contributed by atoms with van der Waals surface area (Å²) in [6, 6.07) is 5.65. The number of aryl methyl sites for hydroxylation is 2. The summed E-state index contributed by atoms with van der Waals surface area (Å²) in [7, 11) is 0. The van der Waals surface area contributed by atoms with Crippen LogP contribution in [0.5, 0.6) is 0 Å². The van der Waals surface area contributed by atoms with Crippen molar-refractivity contribution in [3.8, 4) is 0 Å². The summed E-state index contributed by atoms with van der Waals surface area (Å²) >= 11 is 13.9. The van der Waals surface area contributed by atoms with Crippen molar-refractivity contribution < 1.29 is 0 Å². The number of anilines is 1. The molecule has 3 rings (SSSR count). The van der Waals surface area contributed by atoms with Crippen LogP contribution in [-0.4, -0.2) is 20.3 Å². The van der Waals surface area contributed by atoms with Crippen molar-refractivity contribution >= 4 is 51.8 Å². The van der Waals surface area contributed by atoms with Crippen LogP contribution in [0.1, 0.15) is 24.8 Å². The van der Waals surface area contributed by atoms with Crippen LogP contribution in [0.4, 0.5) is 5.82 Å². The van der Waals surface area contributed by atoms with Crippen molar-refractivity contribution in [1.82, 2.24) is 14.5 Å². The number of nitrogen functional groups attached to an aromatic ring is 1. The van der Waals surface area contributed by atoms with Gasteiger partial charge in [0.25, 0.3) is 0 Å². The lowest BCUT2D eigenvalue weighted by molar-refractivity contribution is 0.615. The van der Waals surface area contributed by atoms with Gasteiger partial charge in [-0.3, -0.25) is 0 Å². The number of halogens is 2. The van der Waals surface area contributed by atoms with Crippen molar-refractivity contribution in [2.45, 2.75) is 37.6 Å². The summed E-state index contributed by atoms with van der Waals surface area (Å²) in [5.41, 5.74) is 8.90. The molecule has 0 aliphatic heterocycles. The number of nitrogens with zero attached hydrogens (tertiary/aromatic N) is 3. The first-order valence-corrected chi connectivity index (χ1v) is 9.94. The smallest absolute Gasteiger partial charge is 0.151 e. The molecule has 0 saturated heterocycles. The van der Waals surface area contributed by atoms with Crippen LogP contribution in [-0.2, 0) is 6.54 Å². The molecule has 3 aromatic rings. The number of benzene rings is 1. The molecule has 132 valence electrons. The number of aromatic nitrogens is 3. The highest BCUT2D eigenvalue weighted by Gasteiger charge is 2.09. The van der Waals surface area contributed by atoms with Gasteiger partial charge in [0.05, 0.1) is 16.9 Å². The van der Waals surface area contributed by atoms with Gasteiger partial charge in [0, 0.05) is 22.7 Å². The third-order valence-corrected chi connectivity index (χ3v) is 5.87. The van der Waals surface area contributed by atoms with E-state index in [4.69, 9.17) is 28.9 Å². The number of fused-ring (bicyclic) bond motifs is 1. The lowest BCUT2D eigenvalue weighted by Gasteiger charge is -2.07. The second-order valence-electron chi connectivity index (χ2n) is 5.95. The summed E-state index contributed by atoms with van der Waals surface area (Å²) in [6.07, 6.45) is 7.05. The van der Waals surface area contributed by atoms with E-state index < -0.39 is 0 Å². The van der Waals surface area contributed by atoms with Gasteiger partial charge in [-0.2, -0.15) is 0 Å². The fourth-order valence-corrected chi connectivity index (χ4v) is 4.28. The monoisotopic (exact) mass is 394 g/mol. The van der Waals surface area contributed by atoms with Gasteiger partial charge in [0.2, 0.25) is 0 Å². The molecule has 2 N–H and O–H groups in total. The standard InChI is InChI=1S/C18H20Cl2N4S/c1-12-10-22-18(21)16-17(12)24(11-23-16)7-3-2-4-8-25-15-6-5-13(19)9-14(15)20/h5-6,9-11H,2-4,7-8H2,1H3,(H2,21,22). The molecule has 1 aromatic carbocycles. The zero-order valence-corrected chi connectivity index (χ0v) is 16.3. The Hall–Kier alpha value is -1.43. The molecule has 0 bridgehead atoms. The third-order valence-electron chi connectivity index (χ3n) is 4.05. The topological polar surface area (TPSA) is 56.7 Å². The van der Waals surface area contributed by atoms with E-state index in [1.54, 1.807) is 17.8 Å². The number of nitrogens with two attached hydrogens (primary N) is 1. The number of hydrogen-bond acceptors (Lipinski definition) is 4. The zero-order valence-electron chi connectivity index (χ0n) is 14.0. The number of thioether (sulfide) groups is 1. The molecule has 0 amide bonds. The lowest BCUT2D eigenvalue weighted by Crippen LogP contribution is -1.99. The van der Waals surface area contributed by atoms with Gasteiger partial charge in [-0.05, 0) is 49.3 Å². The van der Waals surface area contributed by atoms with Crippen molar-refractivity contribution in [3.05, 3.63) is 46.3 Å². The van der Waals surface area contributed by atoms with E-state index in [-0.39, 0.29) is 0 Å². The molecule has 0 saturated carbocycles. The van der Waals surface area contributed by atoms with Crippen molar-refractivity contribution in [2.75, 3.05) is 11.5 Å². The fourth-order valence-electron chi connectivity index (χ4n) is 2.78. The van der Waals surface area contributed by atoms with Crippen LogP contribution in [0.15, 0.2) is 35.6 Å². The van der Waals surface area contributed by atoms with Gasteiger partial charge in [-0.1, -0.05) is 29.6 Å². The fraction of sp³-hybridized carbons (Fsp3) is 0.333. The summed E-state index contributed by atoms with van der Waals surface area (Å²) in [5, 5.41) is 1.40. The average molecular weight is 395 g/mol. The maximum Gasteiger partial charge on any atom is 0.151 e. The molecule has 2 aromatic heterocycles. The molecule has 0 unspecified atom stereocenters. The van der Waals surface area contributed by atoms with Crippen LogP contribution in [0.2, 0.25) is 10.0 Å². The first kappa shape index (κ1) is 18.4. The molecular formula is C18H20Cl2N4S. The molecule has 0 spiro atoms. The highest BCUT2D eigenvalue weighted by molar-refractivity contribution is 7.99. The highest BCUT2D eigenvalue weighted by Crippen LogP contribution is 2.30. The highest BCUT2D eigenvalue weighted by atomic mass is 35.5. The number of unbranched alkanes of at least 4 members (excludes halogenated alkanes) is 2. The van der Waals surface area contributed by atoms with Crippen molar-refractivity contribution in [1.29, 1.82) is 0 Å². The van der Waals surface area contributed by atoms with E-state index in [0.29, 0.717) is 10.8 Å². The average Bonchev–Trinajstić information content (AvgIpc) is 3.01. The number of imidazole rings is 1. The van der Waals surface area contributed by atoms with Gasteiger partial charge in [-0.15, -0.1) is 11.8 Å². The summed E-state index contributed by atoms with van der Waals surface area (Å²) in [6.45, 7) is 2.98. The minimum Gasteiger partial charge on any atom is -0.382 e. The maximum absolute atomic E-state index is 6.19. The first-order chi connectivity index (χ1) is 12.1. The Morgan fingerprint density at radius 2 is 2.00 bits per heavy atom. The van der Waals surface area contributed by atoms with Crippen molar-refractivity contribution in [2.24, 2.45) is 0 Å². The van der Waals surface area contributed by atoms with Crippen LogP contribution in [0, 0.1) is 6.92 Å². The van der Waals surface area contributed by atoms with Crippen LogP contribution < -0.4 is 5.73 Å². The molecule has 7 heteroatoms. The number of rotatable bonds is 7. The Kier molecular flexibility index (Phi) is 6.10. The Morgan fingerprint density at radius 1 is 1.16 bits per heavy atom. The molecule has 0 aliphatic rings. The summed E-state index contributed by atoms with van der Waals surface area (Å²) < 4.78 is 2.17. The summed E-state index contributed by atoms with van der Waals surface area (Å²) in [5.74, 6) is 1.54. The Morgan fingerprint density at radius 3 is 2.80 bits per heavy atom. The van der Waals surface area contributed by atoms with E-state index in [0.717, 1.165) is 58.1 Å². The molecule has 0 atom stereocenters. The van der Waals surface area contributed by atoms with E-state index in [1.165, 1.54) is 0 Å². The number of hydrogen-bond donors (Lipinski definition) is 1. The minimum absolute atomic E-state index is 0.496. The Balaban J connectivity index is 1.47. The Labute approximate surface area is 161 Å². The molecule has 25 heavy (non-hydrogen) atoms. The second-order valence-corrected chi connectivity index (χ2v) is 7.93.